The van der Waals surface area contributed by atoms with Gasteiger partial charge in [0.15, 0.2) is 5.78 Å². The number of hydrogen-bond acceptors (Lipinski definition) is 3. The van der Waals surface area contributed by atoms with Gasteiger partial charge in [0.1, 0.15) is 0 Å². The summed E-state index contributed by atoms with van der Waals surface area (Å²) in [6, 6.07) is 0. The number of Topliss-reactive ketones (excluding diaryl/α,β-unsaturated/α-hetero) is 1. The number of hydrogen-bond donors (Lipinski definition) is 0. The first-order valence-electron chi connectivity index (χ1n) is 4.27. The van der Waals surface area contributed by atoms with Crippen molar-refractivity contribution in [2.24, 2.45) is 0 Å². The van der Waals surface area contributed by atoms with Crippen molar-refractivity contribution < 1.29 is 14.3 Å². The summed E-state index contributed by atoms with van der Waals surface area (Å²) in [6.45, 7) is 4.85. The van der Waals surface area contributed by atoms with E-state index in [1.54, 1.807) is 0 Å². The predicted octanol–water partition coefficient (Wildman–Crippen LogP) is 2.37. The topological polar surface area (TPSA) is 43.4 Å². The van der Waals surface area contributed by atoms with Gasteiger partial charge in [-0.2, -0.15) is 0 Å². The molecule has 0 aliphatic rings. The molecule has 0 aromatic rings. The lowest BCUT2D eigenvalue weighted by Crippen LogP contribution is -2.00. The van der Waals surface area contributed by atoms with E-state index in [4.69, 9.17) is 11.6 Å². The van der Waals surface area contributed by atoms with Gasteiger partial charge in [-0.3, -0.25) is 9.59 Å². The SMILES string of the molecule is C=C(Cl)/C=C\C(=C/CC(=O)OC)C(C)=O. The van der Waals surface area contributed by atoms with Crippen molar-refractivity contribution >= 4 is 23.4 Å². The third kappa shape index (κ3) is 6.69. The second-order valence-electron chi connectivity index (χ2n) is 2.78. The Bertz CT molecular complexity index is 327. The van der Waals surface area contributed by atoms with Crippen LogP contribution in [0.5, 0.6) is 0 Å². The lowest BCUT2D eigenvalue weighted by Gasteiger charge is -1.97. The Balaban J connectivity index is 4.59. The highest BCUT2D eigenvalue weighted by Crippen LogP contribution is 2.06. The zero-order chi connectivity index (χ0) is 11.8. The van der Waals surface area contributed by atoms with E-state index in [0.717, 1.165) is 0 Å². The average molecular weight is 229 g/mol. The van der Waals surface area contributed by atoms with Crippen molar-refractivity contribution in [3.05, 3.63) is 35.4 Å². The quantitative estimate of drug-likeness (QED) is 0.412. The molecule has 0 rings (SSSR count). The van der Waals surface area contributed by atoms with Crippen molar-refractivity contribution in [3.63, 3.8) is 0 Å². The van der Waals surface area contributed by atoms with Crippen LogP contribution in [-0.2, 0) is 14.3 Å². The zero-order valence-electron chi connectivity index (χ0n) is 8.75. The summed E-state index contributed by atoms with van der Waals surface area (Å²) >= 11 is 5.51. The molecule has 0 radical (unpaired) electrons. The molecule has 0 aliphatic heterocycles. The van der Waals surface area contributed by atoms with Crippen LogP contribution >= 0.6 is 11.6 Å². The van der Waals surface area contributed by atoms with Gasteiger partial charge in [0.05, 0.1) is 13.5 Å². The maximum Gasteiger partial charge on any atom is 0.309 e. The molecule has 0 aromatic carbocycles. The Hall–Kier alpha value is -1.35. The Morgan fingerprint density at radius 1 is 1.40 bits per heavy atom. The number of carbonyl (C=O) groups is 2. The highest BCUT2D eigenvalue weighted by Gasteiger charge is 2.02. The van der Waals surface area contributed by atoms with Gasteiger partial charge < -0.3 is 4.74 Å². The molecule has 0 saturated carbocycles. The molecular formula is C11H13ClO3. The van der Waals surface area contributed by atoms with Crippen LogP contribution in [0.25, 0.3) is 0 Å². The smallest absolute Gasteiger partial charge is 0.309 e. The lowest BCUT2D eigenvalue weighted by atomic mass is 10.1. The highest BCUT2D eigenvalue weighted by molar-refractivity contribution is 6.30. The largest absolute Gasteiger partial charge is 0.469 e. The van der Waals surface area contributed by atoms with E-state index in [1.807, 2.05) is 0 Å². The van der Waals surface area contributed by atoms with Crippen molar-refractivity contribution in [2.45, 2.75) is 13.3 Å². The summed E-state index contributed by atoms with van der Waals surface area (Å²) in [6.07, 6.45) is 4.56. The molecule has 82 valence electrons. The van der Waals surface area contributed by atoms with Crippen molar-refractivity contribution in [1.29, 1.82) is 0 Å². The fraction of sp³-hybridized carbons (Fsp3) is 0.273. The molecular weight excluding hydrogens is 216 g/mol. The molecule has 4 heteroatoms. The molecule has 0 unspecified atom stereocenters. The maximum atomic E-state index is 11.1. The lowest BCUT2D eigenvalue weighted by molar-refractivity contribution is -0.139. The van der Waals surface area contributed by atoms with Crippen LogP contribution in [0.4, 0.5) is 0 Å². The van der Waals surface area contributed by atoms with Gasteiger partial charge in [0.2, 0.25) is 0 Å². The van der Waals surface area contributed by atoms with Crippen molar-refractivity contribution in [2.75, 3.05) is 7.11 Å². The molecule has 0 spiro atoms. The zero-order valence-corrected chi connectivity index (χ0v) is 9.50. The van der Waals surface area contributed by atoms with Gasteiger partial charge in [-0.25, -0.2) is 0 Å². The Morgan fingerprint density at radius 2 is 2.00 bits per heavy atom. The Labute approximate surface area is 94.1 Å². The predicted molar refractivity (Wildman–Crippen MR) is 59.5 cm³/mol. The Morgan fingerprint density at radius 3 is 2.40 bits per heavy atom. The normalized spacial score (nSPS) is 11.5. The van der Waals surface area contributed by atoms with E-state index >= 15 is 0 Å². The molecule has 0 atom stereocenters. The van der Waals surface area contributed by atoms with Gasteiger partial charge in [-0.1, -0.05) is 30.3 Å². The van der Waals surface area contributed by atoms with Crippen LogP contribution in [0.2, 0.25) is 0 Å². The van der Waals surface area contributed by atoms with E-state index in [2.05, 4.69) is 11.3 Å². The summed E-state index contributed by atoms with van der Waals surface area (Å²) in [5.41, 5.74) is 0.405. The van der Waals surface area contributed by atoms with E-state index in [1.165, 1.54) is 32.3 Å². The average Bonchev–Trinajstić information content (AvgIpc) is 2.16. The van der Waals surface area contributed by atoms with Crippen LogP contribution in [0.1, 0.15) is 13.3 Å². The number of halogens is 1. The van der Waals surface area contributed by atoms with Gasteiger partial charge in [0.25, 0.3) is 0 Å². The van der Waals surface area contributed by atoms with Crippen molar-refractivity contribution in [1.82, 2.24) is 0 Å². The molecule has 0 aliphatic carbocycles. The second kappa shape index (κ2) is 7.01. The van der Waals surface area contributed by atoms with E-state index in [0.29, 0.717) is 10.6 Å². The van der Waals surface area contributed by atoms with Crippen molar-refractivity contribution in [3.8, 4) is 0 Å². The summed E-state index contributed by atoms with van der Waals surface area (Å²) in [7, 11) is 1.29. The number of rotatable bonds is 5. The number of ketones is 1. The molecule has 0 bridgehead atoms. The van der Waals surface area contributed by atoms with Crippen LogP contribution < -0.4 is 0 Å². The first-order valence-corrected chi connectivity index (χ1v) is 4.65. The molecule has 0 saturated heterocycles. The molecule has 0 fully saturated rings. The molecule has 0 aromatic heterocycles. The number of esters is 1. The first kappa shape index (κ1) is 13.7. The minimum atomic E-state index is -0.396. The van der Waals surface area contributed by atoms with Gasteiger partial charge in [0, 0.05) is 10.6 Å². The number of carbonyl (C=O) groups excluding carboxylic acids is 2. The third-order valence-electron chi connectivity index (χ3n) is 1.57. The molecule has 0 heterocycles. The van der Waals surface area contributed by atoms with Crippen LogP contribution in [-0.4, -0.2) is 18.9 Å². The summed E-state index contributed by atoms with van der Waals surface area (Å²) < 4.78 is 4.44. The highest BCUT2D eigenvalue weighted by atomic mass is 35.5. The monoisotopic (exact) mass is 228 g/mol. The number of ether oxygens (including phenoxy) is 1. The van der Waals surface area contributed by atoms with Gasteiger partial charge in [-0.05, 0) is 13.0 Å². The molecule has 0 amide bonds. The third-order valence-corrected chi connectivity index (χ3v) is 1.69. The van der Waals surface area contributed by atoms with Gasteiger partial charge >= 0.3 is 5.97 Å². The molecule has 3 nitrogen and oxygen atoms in total. The maximum absolute atomic E-state index is 11.1. The van der Waals surface area contributed by atoms with E-state index < -0.39 is 5.97 Å². The molecule has 15 heavy (non-hydrogen) atoms. The van der Waals surface area contributed by atoms with Crippen LogP contribution in [0, 0.1) is 0 Å². The van der Waals surface area contributed by atoms with Gasteiger partial charge in [-0.15, -0.1) is 0 Å². The number of allylic oxidation sites excluding steroid dienone is 4. The second-order valence-corrected chi connectivity index (χ2v) is 3.26. The summed E-state index contributed by atoms with van der Waals surface area (Å²) in [5, 5.41) is 0.320. The number of methoxy groups -OCH3 is 1. The van der Waals surface area contributed by atoms with E-state index in [9.17, 15) is 9.59 Å². The molecule has 0 N–H and O–H groups in total. The minimum Gasteiger partial charge on any atom is -0.469 e. The first-order chi connectivity index (χ1) is 6.97. The van der Waals surface area contributed by atoms with E-state index in [-0.39, 0.29) is 12.2 Å². The summed E-state index contributed by atoms with van der Waals surface area (Å²) in [5.74, 6) is -0.542. The fourth-order valence-corrected chi connectivity index (χ4v) is 0.849. The standard InChI is InChI=1S/C11H13ClO3/c1-8(12)4-5-10(9(2)13)6-7-11(14)15-3/h4-6H,1,7H2,2-3H3/b5-4-,10-6+. The van der Waals surface area contributed by atoms with Crippen LogP contribution in [0.15, 0.2) is 35.4 Å². The fourth-order valence-electron chi connectivity index (χ4n) is 0.786. The Kier molecular flexibility index (Phi) is 6.38. The van der Waals surface area contributed by atoms with Crippen LogP contribution in [0.3, 0.4) is 0 Å². The summed E-state index contributed by atoms with van der Waals surface area (Å²) in [4.78, 5) is 21.9. The minimum absolute atomic E-state index is 0.0600.